The quantitative estimate of drug-likeness (QED) is 0.695. The predicted octanol–water partition coefficient (Wildman–Crippen LogP) is 4.72. The van der Waals surface area contributed by atoms with Crippen molar-refractivity contribution in [3.05, 3.63) is 64.9 Å². The molecule has 1 aromatic heterocycles. The van der Waals surface area contributed by atoms with Gasteiger partial charge in [0.05, 0.1) is 23.6 Å². The summed E-state index contributed by atoms with van der Waals surface area (Å²) in [6.07, 6.45) is 1.35. The molecule has 3 aromatic rings. The van der Waals surface area contributed by atoms with Crippen molar-refractivity contribution in [2.45, 2.75) is 39.3 Å². The van der Waals surface area contributed by atoms with Gasteiger partial charge in [-0.05, 0) is 37.1 Å². The highest BCUT2D eigenvalue weighted by atomic mass is 35.5. The van der Waals surface area contributed by atoms with Crippen molar-refractivity contribution in [3.8, 4) is 0 Å². The molecule has 1 heterocycles. The summed E-state index contributed by atoms with van der Waals surface area (Å²) in [5.41, 5.74) is 2.98. The molecular weight excluding hydrogens is 334 g/mol. The third kappa shape index (κ3) is 3.85. The van der Waals surface area contributed by atoms with E-state index in [0.29, 0.717) is 13.0 Å². The molecule has 1 amide bonds. The van der Waals surface area contributed by atoms with Gasteiger partial charge in [-0.2, -0.15) is 0 Å². The molecule has 0 fully saturated rings. The molecule has 0 bridgehead atoms. The van der Waals surface area contributed by atoms with Gasteiger partial charge in [-0.15, -0.1) is 0 Å². The number of hydrogen-bond acceptors (Lipinski definition) is 2. The minimum atomic E-state index is -0.172. The maximum atomic E-state index is 12.0. The van der Waals surface area contributed by atoms with Gasteiger partial charge in [-0.25, -0.2) is 4.98 Å². The number of halogens is 1. The first-order valence-electron chi connectivity index (χ1n) is 8.58. The van der Waals surface area contributed by atoms with E-state index in [9.17, 15) is 4.79 Å². The zero-order valence-electron chi connectivity index (χ0n) is 14.5. The molecular formula is C20H22ClN3O. The van der Waals surface area contributed by atoms with E-state index in [0.717, 1.165) is 33.9 Å². The molecule has 1 atom stereocenters. The van der Waals surface area contributed by atoms with Gasteiger partial charge in [0.2, 0.25) is 5.91 Å². The number of amides is 1. The van der Waals surface area contributed by atoms with Gasteiger partial charge in [0.1, 0.15) is 5.82 Å². The highest BCUT2D eigenvalue weighted by Gasteiger charge is 2.18. The summed E-state index contributed by atoms with van der Waals surface area (Å²) in [5.74, 6) is 0.886. The van der Waals surface area contributed by atoms with Crippen molar-refractivity contribution in [1.29, 1.82) is 0 Å². The van der Waals surface area contributed by atoms with Crippen LogP contribution in [0, 0.1) is 0 Å². The zero-order valence-corrected chi connectivity index (χ0v) is 15.3. The topological polar surface area (TPSA) is 46.9 Å². The number of fused-ring (bicyclic) bond motifs is 1. The Morgan fingerprint density at radius 2 is 1.92 bits per heavy atom. The summed E-state index contributed by atoms with van der Waals surface area (Å²) in [7, 11) is 0. The zero-order chi connectivity index (χ0) is 17.8. The largest absolute Gasteiger partial charge is 0.346 e. The van der Waals surface area contributed by atoms with Crippen molar-refractivity contribution in [1.82, 2.24) is 14.9 Å². The lowest BCUT2D eigenvalue weighted by atomic mass is 10.2. The van der Waals surface area contributed by atoms with Crippen LogP contribution in [0.1, 0.15) is 44.1 Å². The van der Waals surface area contributed by atoms with Crippen molar-refractivity contribution in [3.63, 3.8) is 0 Å². The summed E-state index contributed by atoms with van der Waals surface area (Å²) in [5, 5.41) is 3.77. The van der Waals surface area contributed by atoms with Crippen LogP contribution in [0.25, 0.3) is 11.0 Å². The summed E-state index contributed by atoms with van der Waals surface area (Å²) in [6.45, 7) is 4.58. The Morgan fingerprint density at radius 3 is 2.68 bits per heavy atom. The molecule has 130 valence electrons. The fraction of sp³-hybridized carbons (Fsp3) is 0.300. The number of nitrogens with zero attached hydrogens (tertiary/aromatic N) is 2. The summed E-state index contributed by atoms with van der Waals surface area (Å²) in [6, 6.07) is 15.6. The van der Waals surface area contributed by atoms with Crippen molar-refractivity contribution in [2.24, 2.45) is 0 Å². The number of para-hydroxylation sites is 2. The van der Waals surface area contributed by atoms with Crippen LogP contribution in [0.2, 0.25) is 5.02 Å². The standard InChI is InChI=1S/C20H22ClN3O/c1-3-8-19(25)22-14(2)20-23-17-11-6-7-12-18(17)24(20)13-15-9-4-5-10-16(15)21/h4-7,9-12,14H,3,8,13H2,1-2H3,(H,22,25)/t14-/m0/s1. The van der Waals surface area contributed by atoms with E-state index in [1.165, 1.54) is 0 Å². The summed E-state index contributed by atoms with van der Waals surface area (Å²) in [4.78, 5) is 16.8. The SMILES string of the molecule is CCCC(=O)N[C@@H](C)c1nc2ccccc2n1Cc1ccccc1Cl. The molecule has 2 aromatic carbocycles. The Bertz CT molecular complexity index is 888. The Hall–Kier alpha value is -2.33. The lowest BCUT2D eigenvalue weighted by molar-refractivity contribution is -0.121. The van der Waals surface area contributed by atoms with Gasteiger partial charge in [-0.1, -0.05) is 48.9 Å². The molecule has 0 saturated carbocycles. The highest BCUT2D eigenvalue weighted by Crippen LogP contribution is 2.24. The second-order valence-corrected chi connectivity index (χ2v) is 6.58. The lowest BCUT2D eigenvalue weighted by Crippen LogP contribution is -2.28. The Morgan fingerprint density at radius 1 is 1.20 bits per heavy atom. The molecule has 0 saturated heterocycles. The van der Waals surface area contributed by atoms with Gasteiger partial charge >= 0.3 is 0 Å². The predicted molar refractivity (Wildman–Crippen MR) is 102 cm³/mol. The minimum Gasteiger partial charge on any atom is -0.346 e. The molecule has 0 radical (unpaired) electrons. The van der Waals surface area contributed by atoms with Crippen LogP contribution in [0.5, 0.6) is 0 Å². The molecule has 4 nitrogen and oxygen atoms in total. The van der Waals surface area contributed by atoms with Gasteiger partial charge in [0, 0.05) is 11.4 Å². The van der Waals surface area contributed by atoms with E-state index in [4.69, 9.17) is 16.6 Å². The molecule has 0 aliphatic rings. The lowest BCUT2D eigenvalue weighted by Gasteiger charge is -2.17. The Kier molecular flexibility index (Phi) is 5.39. The number of rotatable bonds is 6. The molecule has 25 heavy (non-hydrogen) atoms. The minimum absolute atomic E-state index is 0.0475. The molecule has 3 rings (SSSR count). The van der Waals surface area contributed by atoms with Crippen LogP contribution in [0.4, 0.5) is 0 Å². The normalized spacial score (nSPS) is 12.3. The van der Waals surface area contributed by atoms with Crippen LogP contribution in [0.15, 0.2) is 48.5 Å². The third-order valence-corrected chi connectivity index (χ3v) is 4.58. The van der Waals surface area contributed by atoms with Crippen molar-refractivity contribution >= 4 is 28.5 Å². The van der Waals surface area contributed by atoms with E-state index >= 15 is 0 Å². The van der Waals surface area contributed by atoms with Crippen LogP contribution in [-0.2, 0) is 11.3 Å². The molecule has 0 unspecified atom stereocenters. The maximum Gasteiger partial charge on any atom is 0.220 e. The number of imidazole rings is 1. The second-order valence-electron chi connectivity index (χ2n) is 6.18. The number of benzene rings is 2. The highest BCUT2D eigenvalue weighted by molar-refractivity contribution is 6.31. The Labute approximate surface area is 152 Å². The first kappa shape index (κ1) is 17.5. The number of aromatic nitrogens is 2. The number of carbonyl (C=O) groups is 1. The smallest absolute Gasteiger partial charge is 0.220 e. The van der Waals surface area contributed by atoms with Crippen LogP contribution in [0.3, 0.4) is 0 Å². The van der Waals surface area contributed by atoms with E-state index in [-0.39, 0.29) is 11.9 Å². The summed E-state index contributed by atoms with van der Waals surface area (Å²) >= 11 is 6.35. The first-order chi connectivity index (χ1) is 12.1. The van der Waals surface area contributed by atoms with E-state index in [2.05, 4.69) is 9.88 Å². The molecule has 0 aliphatic carbocycles. The van der Waals surface area contributed by atoms with Gasteiger partial charge in [0.25, 0.3) is 0 Å². The number of nitrogens with one attached hydrogen (secondary N) is 1. The fourth-order valence-corrected chi connectivity index (χ4v) is 3.19. The number of carbonyl (C=O) groups excluding carboxylic acids is 1. The molecule has 0 aliphatic heterocycles. The Balaban J connectivity index is 2.00. The van der Waals surface area contributed by atoms with Crippen LogP contribution >= 0.6 is 11.6 Å². The van der Waals surface area contributed by atoms with E-state index in [1.54, 1.807) is 0 Å². The third-order valence-electron chi connectivity index (χ3n) is 4.21. The van der Waals surface area contributed by atoms with Crippen molar-refractivity contribution < 1.29 is 4.79 Å². The van der Waals surface area contributed by atoms with E-state index in [1.807, 2.05) is 62.4 Å². The van der Waals surface area contributed by atoms with Gasteiger partial charge in [0.15, 0.2) is 0 Å². The van der Waals surface area contributed by atoms with Crippen LogP contribution in [-0.4, -0.2) is 15.5 Å². The number of hydrogen-bond donors (Lipinski definition) is 1. The average Bonchev–Trinajstić information content (AvgIpc) is 2.96. The molecule has 5 heteroatoms. The maximum absolute atomic E-state index is 12.0. The van der Waals surface area contributed by atoms with E-state index < -0.39 is 0 Å². The molecule has 0 spiro atoms. The van der Waals surface area contributed by atoms with Crippen molar-refractivity contribution in [2.75, 3.05) is 0 Å². The first-order valence-corrected chi connectivity index (χ1v) is 8.96. The second kappa shape index (κ2) is 7.70. The average molecular weight is 356 g/mol. The fourth-order valence-electron chi connectivity index (χ4n) is 2.99. The molecule has 1 N–H and O–H groups in total. The summed E-state index contributed by atoms with van der Waals surface area (Å²) < 4.78 is 2.13. The van der Waals surface area contributed by atoms with Gasteiger partial charge in [-0.3, -0.25) is 4.79 Å². The van der Waals surface area contributed by atoms with Gasteiger partial charge < -0.3 is 9.88 Å². The monoisotopic (exact) mass is 355 g/mol. The van der Waals surface area contributed by atoms with Crippen LogP contribution < -0.4 is 5.32 Å².